The first-order valence-electron chi connectivity index (χ1n) is 5.98. The number of carbonyl (C=O) groups is 1. The van der Waals surface area contributed by atoms with Crippen LogP contribution in [0.15, 0.2) is 4.52 Å². The second kappa shape index (κ2) is 5.63. The van der Waals surface area contributed by atoms with Crippen molar-refractivity contribution in [1.82, 2.24) is 10.1 Å². The van der Waals surface area contributed by atoms with Crippen LogP contribution < -0.4 is 0 Å². The summed E-state index contributed by atoms with van der Waals surface area (Å²) < 4.78 is 10.5. The number of thioether (sulfide) groups is 2. The highest BCUT2D eigenvalue weighted by atomic mass is 32.2. The van der Waals surface area contributed by atoms with Crippen molar-refractivity contribution < 1.29 is 14.1 Å². The van der Waals surface area contributed by atoms with Crippen molar-refractivity contribution in [2.75, 3.05) is 30.5 Å². The molecule has 2 aliphatic rings. The Morgan fingerprint density at radius 3 is 3.06 bits per heavy atom. The van der Waals surface area contributed by atoms with Crippen molar-refractivity contribution in [3.63, 3.8) is 0 Å². The third kappa shape index (κ3) is 2.57. The Hall–Kier alpha value is -0.530. The second-order valence-electron chi connectivity index (χ2n) is 4.27. The second-order valence-corrected chi connectivity index (χ2v) is 6.73. The molecule has 98 valence electrons. The summed E-state index contributed by atoms with van der Waals surface area (Å²) in [6.45, 7) is 0.873. The lowest BCUT2D eigenvalue weighted by molar-refractivity contribution is -0.127. The summed E-state index contributed by atoms with van der Waals surface area (Å²) in [5.41, 5.74) is 0. The quantitative estimate of drug-likeness (QED) is 0.819. The van der Waals surface area contributed by atoms with Gasteiger partial charge in [-0.25, -0.2) is 0 Å². The number of hydrogen-bond acceptors (Lipinski definition) is 7. The van der Waals surface area contributed by atoms with Gasteiger partial charge in [0.15, 0.2) is 5.82 Å². The van der Waals surface area contributed by atoms with E-state index in [1.54, 1.807) is 0 Å². The summed E-state index contributed by atoms with van der Waals surface area (Å²) in [5.74, 6) is 4.24. The van der Waals surface area contributed by atoms with Crippen LogP contribution in [0, 0.1) is 0 Å². The summed E-state index contributed by atoms with van der Waals surface area (Å²) in [4.78, 5) is 16.2. The minimum atomic E-state index is -0.360. The number of nitrogens with zero attached hydrogens (tertiary/aromatic N) is 2. The van der Waals surface area contributed by atoms with Crippen LogP contribution in [0.1, 0.15) is 29.3 Å². The molecule has 2 aliphatic heterocycles. The van der Waals surface area contributed by atoms with E-state index in [-0.39, 0.29) is 11.7 Å². The van der Waals surface area contributed by atoms with Crippen LogP contribution in [0.5, 0.6) is 0 Å². The van der Waals surface area contributed by atoms with Crippen LogP contribution >= 0.6 is 23.5 Å². The Bertz CT molecular complexity index is 432. The van der Waals surface area contributed by atoms with Crippen LogP contribution in [0.3, 0.4) is 0 Å². The largest absolute Gasteiger partial charge is 0.380 e. The number of ether oxygens (including phenoxy) is 1. The topological polar surface area (TPSA) is 65.2 Å². The number of ketones is 1. The van der Waals surface area contributed by atoms with Gasteiger partial charge in [-0.15, -0.1) is 11.8 Å². The van der Waals surface area contributed by atoms with Crippen LogP contribution in [0.2, 0.25) is 0 Å². The maximum atomic E-state index is 11.8. The van der Waals surface area contributed by atoms with Gasteiger partial charge >= 0.3 is 0 Å². The van der Waals surface area contributed by atoms with E-state index >= 15 is 0 Å². The van der Waals surface area contributed by atoms with Gasteiger partial charge in [0.05, 0.1) is 18.5 Å². The minimum absolute atomic E-state index is 0.141. The lowest BCUT2D eigenvalue weighted by Crippen LogP contribution is -2.25. The Kier molecular flexibility index (Phi) is 3.91. The standard InChI is InChI=1S/C11H14N2O3S2/c14-8-1-2-15-5-7(8)11-12-10(13-16-11)9-6-17-3-4-18-9/h7,9H,1-6H2. The molecule has 0 saturated carbocycles. The molecular formula is C11H14N2O3S2. The summed E-state index contributed by atoms with van der Waals surface area (Å²) in [6, 6.07) is 0. The molecule has 2 unspecified atom stereocenters. The van der Waals surface area contributed by atoms with Gasteiger partial charge in [-0.05, 0) is 0 Å². The Labute approximate surface area is 113 Å². The fourth-order valence-corrected chi connectivity index (χ4v) is 4.60. The molecule has 2 atom stereocenters. The summed E-state index contributed by atoms with van der Waals surface area (Å²) >= 11 is 3.76. The lowest BCUT2D eigenvalue weighted by Gasteiger charge is -2.18. The maximum absolute atomic E-state index is 11.8. The monoisotopic (exact) mass is 286 g/mol. The normalized spacial score (nSPS) is 29.4. The smallest absolute Gasteiger partial charge is 0.239 e. The summed E-state index contributed by atoms with van der Waals surface area (Å²) in [6.07, 6.45) is 0.441. The van der Waals surface area contributed by atoms with Gasteiger partial charge in [-0.3, -0.25) is 4.79 Å². The molecule has 3 heterocycles. The summed E-state index contributed by atoms with van der Waals surface area (Å²) in [5, 5.41) is 4.31. The fourth-order valence-electron chi connectivity index (χ4n) is 2.01. The van der Waals surface area contributed by atoms with Crippen molar-refractivity contribution in [2.45, 2.75) is 17.6 Å². The average Bonchev–Trinajstić information content (AvgIpc) is 2.90. The van der Waals surface area contributed by atoms with Gasteiger partial charge in [-0.1, -0.05) is 5.16 Å². The summed E-state index contributed by atoms with van der Waals surface area (Å²) in [7, 11) is 0. The maximum Gasteiger partial charge on any atom is 0.239 e. The number of aromatic nitrogens is 2. The zero-order chi connectivity index (χ0) is 12.4. The van der Waals surface area contributed by atoms with Crippen LogP contribution in [-0.2, 0) is 9.53 Å². The molecule has 7 heteroatoms. The van der Waals surface area contributed by atoms with Gasteiger partial charge in [-0.2, -0.15) is 16.7 Å². The Balaban J connectivity index is 1.73. The first-order chi connectivity index (χ1) is 8.84. The third-order valence-electron chi connectivity index (χ3n) is 3.03. The predicted octanol–water partition coefficient (Wildman–Crippen LogP) is 1.66. The third-order valence-corrected chi connectivity index (χ3v) is 5.78. The molecule has 0 N–H and O–H groups in total. The molecule has 0 bridgehead atoms. The van der Waals surface area contributed by atoms with Crippen molar-refractivity contribution >= 4 is 29.3 Å². The van der Waals surface area contributed by atoms with E-state index < -0.39 is 0 Å². The molecule has 2 saturated heterocycles. The number of hydrogen-bond donors (Lipinski definition) is 0. The van der Waals surface area contributed by atoms with E-state index in [4.69, 9.17) is 9.26 Å². The van der Waals surface area contributed by atoms with Crippen molar-refractivity contribution in [3.05, 3.63) is 11.7 Å². The van der Waals surface area contributed by atoms with E-state index in [1.165, 1.54) is 5.75 Å². The molecule has 1 aromatic heterocycles. The molecule has 0 radical (unpaired) electrons. The molecule has 3 rings (SSSR count). The van der Waals surface area contributed by atoms with E-state index in [2.05, 4.69) is 10.1 Å². The van der Waals surface area contributed by atoms with Crippen LogP contribution in [-0.4, -0.2) is 46.4 Å². The van der Waals surface area contributed by atoms with Gasteiger partial charge < -0.3 is 9.26 Å². The van der Waals surface area contributed by atoms with E-state index in [0.717, 1.165) is 17.3 Å². The molecule has 0 aromatic carbocycles. The number of rotatable bonds is 2. The molecule has 0 aliphatic carbocycles. The van der Waals surface area contributed by atoms with Crippen molar-refractivity contribution in [2.24, 2.45) is 0 Å². The van der Waals surface area contributed by atoms with Gasteiger partial charge in [0.1, 0.15) is 11.7 Å². The molecule has 1 aromatic rings. The fraction of sp³-hybridized carbons (Fsp3) is 0.727. The van der Waals surface area contributed by atoms with Crippen molar-refractivity contribution in [1.29, 1.82) is 0 Å². The van der Waals surface area contributed by atoms with Gasteiger partial charge in [0.2, 0.25) is 5.89 Å². The zero-order valence-corrected chi connectivity index (χ0v) is 11.5. The zero-order valence-electron chi connectivity index (χ0n) is 9.83. The van der Waals surface area contributed by atoms with Crippen LogP contribution in [0.4, 0.5) is 0 Å². The highest BCUT2D eigenvalue weighted by Crippen LogP contribution is 2.35. The molecule has 18 heavy (non-hydrogen) atoms. The van der Waals surface area contributed by atoms with E-state index in [1.807, 2.05) is 23.5 Å². The van der Waals surface area contributed by atoms with E-state index in [9.17, 15) is 4.79 Å². The van der Waals surface area contributed by atoms with Gasteiger partial charge in [0.25, 0.3) is 0 Å². The highest BCUT2D eigenvalue weighted by Gasteiger charge is 2.31. The minimum Gasteiger partial charge on any atom is -0.380 e. The van der Waals surface area contributed by atoms with Crippen molar-refractivity contribution in [3.8, 4) is 0 Å². The van der Waals surface area contributed by atoms with Crippen LogP contribution in [0.25, 0.3) is 0 Å². The lowest BCUT2D eigenvalue weighted by atomic mass is 10.0. The Morgan fingerprint density at radius 1 is 1.33 bits per heavy atom. The number of Topliss-reactive ketones (excluding diaryl/α,β-unsaturated/α-hetero) is 1. The van der Waals surface area contributed by atoms with Gasteiger partial charge in [0, 0.05) is 23.7 Å². The predicted molar refractivity (Wildman–Crippen MR) is 70.0 cm³/mol. The highest BCUT2D eigenvalue weighted by molar-refractivity contribution is 8.06. The molecule has 0 amide bonds. The van der Waals surface area contributed by atoms with E-state index in [0.29, 0.717) is 30.8 Å². The first kappa shape index (κ1) is 12.5. The average molecular weight is 286 g/mol. The Morgan fingerprint density at radius 2 is 2.28 bits per heavy atom. The number of carbonyl (C=O) groups excluding carboxylic acids is 1. The molecule has 2 fully saturated rings. The molecular weight excluding hydrogens is 272 g/mol. The first-order valence-corrected chi connectivity index (χ1v) is 8.18. The SMILES string of the molecule is O=C1CCOCC1c1nc(C2CSCCS2)no1. The molecule has 0 spiro atoms. The molecule has 5 nitrogen and oxygen atoms in total.